The molecule has 1 aliphatic rings. The first-order chi connectivity index (χ1) is 10.7. The maximum Gasteiger partial charge on any atom is 0.123 e. The zero-order valence-corrected chi connectivity index (χ0v) is 12.9. The molecule has 0 unspecified atom stereocenters. The topological polar surface area (TPSA) is 21.3 Å². The molecule has 0 aromatic heterocycles. The van der Waals surface area contributed by atoms with Gasteiger partial charge in [-0.3, -0.25) is 0 Å². The van der Waals surface area contributed by atoms with E-state index in [1.165, 1.54) is 5.56 Å². The summed E-state index contributed by atoms with van der Waals surface area (Å²) >= 11 is 0. The van der Waals surface area contributed by atoms with Gasteiger partial charge in [0, 0.05) is 0 Å². The fourth-order valence-corrected chi connectivity index (χ4v) is 3.13. The second-order valence-electron chi connectivity index (χ2n) is 5.97. The van der Waals surface area contributed by atoms with E-state index in [0.29, 0.717) is 6.61 Å². The third-order valence-corrected chi connectivity index (χ3v) is 4.13. The third-order valence-electron chi connectivity index (χ3n) is 4.13. The maximum absolute atomic E-state index is 13.5. The van der Waals surface area contributed by atoms with Gasteiger partial charge < -0.3 is 10.1 Å². The van der Waals surface area contributed by atoms with Crippen molar-refractivity contribution < 1.29 is 9.13 Å². The van der Waals surface area contributed by atoms with E-state index in [9.17, 15) is 4.39 Å². The van der Waals surface area contributed by atoms with Crippen LogP contribution < -0.4 is 5.32 Å². The van der Waals surface area contributed by atoms with Crippen molar-refractivity contribution in [2.24, 2.45) is 0 Å². The molecule has 0 spiro atoms. The van der Waals surface area contributed by atoms with E-state index in [0.717, 1.165) is 30.5 Å². The molecule has 116 valence electrons. The van der Waals surface area contributed by atoms with Gasteiger partial charge in [-0.05, 0) is 55.1 Å². The Bertz CT molecular complexity index is 594. The maximum atomic E-state index is 13.5. The highest BCUT2D eigenvalue weighted by Crippen LogP contribution is 2.27. The highest BCUT2D eigenvalue weighted by atomic mass is 19.1. The quantitative estimate of drug-likeness (QED) is 0.916. The van der Waals surface area contributed by atoms with Gasteiger partial charge in [-0.2, -0.15) is 0 Å². The van der Waals surface area contributed by atoms with Gasteiger partial charge in [-0.1, -0.05) is 36.4 Å². The van der Waals surface area contributed by atoms with Crippen LogP contribution in [0.4, 0.5) is 4.39 Å². The van der Waals surface area contributed by atoms with Crippen molar-refractivity contribution in [3.63, 3.8) is 0 Å². The third kappa shape index (κ3) is 3.73. The first-order valence-electron chi connectivity index (χ1n) is 7.88. The van der Waals surface area contributed by atoms with E-state index in [-0.39, 0.29) is 18.0 Å². The highest BCUT2D eigenvalue weighted by molar-refractivity contribution is 5.23. The van der Waals surface area contributed by atoms with Crippen LogP contribution in [-0.2, 0) is 11.3 Å². The fraction of sp³-hybridized carbons (Fsp3) is 0.368. The lowest BCUT2D eigenvalue weighted by atomic mass is 9.94. The second-order valence-corrected chi connectivity index (χ2v) is 5.97. The van der Waals surface area contributed by atoms with Crippen molar-refractivity contribution in [1.29, 1.82) is 0 Å². The lowest BCUT2D eigenvalue weighted by molar-refractivity contribution is -0.00367. The van der Waals surface area contributed by atoms with E-state index in [1.807, 2.05) is 19.1 Å². The van der Waals surface area contributed by atoms with Crippen molar-refractivity contribution in [2.75, 3.05) is 6.54 Å². The number of halogens is 1. The van der Waals surface area contributed by atoms with Crippen molar-refractivity contribution in [1.82, 2.24) is 5.32 Å². The largest absolute Gasteiger partial charge is 0.372 e. The van der Waals surface area contributed by atoms with Crippen LogP contribution in [0.5, 0.6) is 0 Å². The van der Waals surface area contributed by atoms with Gasteiger partial charge in [0.05, 0.1) is 18.8 Å². The molecule has 2 atom stereocenters. The van der Waals surface area contributed by atoms with Gasteiger partial charge in [0.2, 0.25) is 0 Å². The first-order valence-corrected chi connectivity index (χ1v) is 7.88. The van der Waals surface area contributed by atoms with Crippen LogP contribution in [0.1, 0.15) is 35.6 Å². The van der Waals surface area contributed by atoms with E-state index in [1.54, 1.807) is 12.1 Å². The summed E-state index contributed by atoms with van der Waals surface area (Å²) in [6.45, 7) is 3.37. The SMILES string of the molecule is Cc1cc(F)cc(CO[C@H]2CCCN[C@H]2c2ccccc2)c1. The molecule has 0 aliphatic carbocycles. The molecule has 0 saturated carbocycles. The molecular formula is C19H22FNO. The average molecular weight is 299 g/mol. The Kier molecular flexibility index (Phi) is 4.86. The molecule has 1 saturated heterocycles. The Morgan fingerprint density at radius 3 is 2.77 bits per heavy atom. The molecule has 2 aromatic carbocycles. The van der Waals surface area contributed by atoms with Crippen LogP contribution in [0.2, 0.25) is 0 Å². The zero-order valence-electron chi connectivity index (χ0n) is 12.9. The van der Waals surface area contributed by atoms with Crippen LogP contribution >= 0.6 is 0 Å². The van der Waals surface area contributed by atoms with Gasteiger partial charge >= 0.3 is 0 Å². The summed E-state index contributed by atoms with van der Waals surface area (Å²) in [6, 6.07) is 15.7. The Morgan fingerprint density at radius 2 is 2.00 bits per heavy atom. The molecule has 0 bridgehead atoms. The molecule has 1 aliphatic heterocycles. The fourth-order valence-electron chi connectivity index (χ4n) is 3.13. The molecule has 0 amide bonds. The summed E-state index contributed by atoms with van der Waals surface area (Å²) in [5.41, 5.74) is 3.08. The van der Waals surface area contributed by atoms with Crippen molar-refractivity contribution in [3.05, 3.63) is 71.0 Å². The molecular weight excluding hydrogens is 277 g/mol. The van der Waals surface area contributed by atoms with Gasteiger partial charge in [0.15, 0.2) is 0 Å². The van der Waals surface area contributed by atoms with E-state index < -0.39 is 0 Å². The Hall–Kier alpha value is -1.71. The number of aryl methyl sites for hydroxylation is 1. The van der Waals surface area contributed by atoms with Crippen LogP contribution in [0, 0.1) is 12.7 Å². The Morgan fingerprint density at radius 1 is 1.18 bits per heavy atom. The monoisotopic (exact) mass is 299 g/mol. The molecule has 1 fully saturated rings. The molecule has 2 aromatic rings. The minimum Gasteiger partial charge on any atom is -0.372 e. The van der Waals surface area contributed by atoms with E-state index in [4.69, 9.17) is 4.74 Å². The number of ether oxygens (including phenoxy) is 1. The predicted octanol–water partition coefficient (Wildman–Crippen LogP) is 4.14. The molecule has 1 heterocycles. The van der Waals surface area contributed by atoms with Crippen LogP contribution in [-0.4, -0.2) is 12.6 Å². The summed E-state index contributed by atoms with van der Waals surface area (Å²) in [7, 11) is 0. The van der Waals surface area contributed by atoms with Crippen LogP contribution in [0.25, 0.3) is 0 Å². The Balaban J connectivity index is 1.69. The van der Waals surface area contributed by atoms with Crippen LogP contribution in [0.3, 0.4) is 0 Å². The molecule has 0 radical (unpaired) electrons. The van der Waals surface area contributed by atoms with Crippen molar-refractivity contribution in [3.8, 4) is 0 Å². The van der Waals surface area contributed by atoms with Crippen molar-refractivity contribution >= 4 is 0 Å². The normalized spacial score (nSPS) is 21.7. The smallest absolute Gasteiger partial charge is 0.123 e. The number of hydrogen-bond donors (Lipinski definition) is 1. The number of benzene rings is 2. The summed E-state index contributed by atoms with van der Waals surface area (Å²) in [4.78, 5) is 0. The molecule has 3 heteroatoms. The van der Waals surface area contributed by atoms with Gasteiger partial charge in [0.25, 0.3) is 0 Å². The first kappa shape index (κ1) is 15.2. The van der Waals surface area contributed by atoms with Gasteiger partial charge in [0.1, 0.15) is 5.82 Å². The number of piperidine rings is 1. The van der Waals surface area contributed by atoms with E-state index in [2.05, 4.69) is 29.6 Å². The van der Waals surface area contributed by atoms with Crippen molar-refractivity contribution in [2.45, 2.75) is 38.5 Å². The predicted molar refractivity (Wildman–Crippen MR) is 86.1 cm³/mol. The minimum absolute atomic E-state index is 0.125. The highest BCUT2D eigenvalue weighted by Gasteiger charge is 2.26. The molecule has 2 nitrogen and oxygen atoms in total. The van der Waals surface area contributed by atoms with Gasteiger partial charge in [-0.15, -0.1) is 0 Å². The van der Waals surface area contributed by atoms with Crippen LogP contribution in [0.15, 0.2) is 48.5 Å². The summed E-state index contributed by atoms with van der Waals surface area (Å²) in [5, 5.41) is 3.55. The molecule has 3 rings (SSSR count). The second kappa shape index (κ2) is 7.03. The lowest BCUT2D eigenvalue weighted by Crippen LogP contribution is -2.39. The van der Waals surface area contributed by atoms with E-state index >= 15 is 0 Å². The molecule has 22 heavy (non-hydrogen) atoms. The Labute approximate surface area is 131 Å². The van der Waals surface area contributed by atoms with Gasteiger partial charge in [-0.25, -0.2) is 4.39 Å². The summed E-state index contributed by atoms with van der Waals surface area (Å²) in [6.07, 6.45) is 2.26. The lowest BCUT2D eigenvalue weighted by Gasteiger charge is -2.33. The number of rotatable bonds is 4. The minimum atomic E-state index is -0.194. The number of nitrogens with one attached hydrogen (secondary N) is 1. The summed E-state index contributed by atoms with van der Waals surface area (Å²) < 4.78 is 19.6. The standard InChI is InChI=1S/C19H22FNO/c1-14-10-15(12-17(20)11-14)13-22-18-8-5-9-21-19(18)16-6-3-2-4-7-16/h2-4,6-7,10-12,18-19,21H,5,8-9,13H2,1H3/t18-,19-/m0/s1. The molecule has 1 N–H and O–H groups in total. The number of hydrogen-bond acceptors (Lipinski definition) is 2. The average Bonchev–Trinajstić information content (AvgIpc) is 2.53. The zero-order chi connectivity index (χ0) is 15.4. The summed E-state index contributed by atoms with van der Waals surface area (Å²) in [5.74, 6) is -0.194.